The average molecular weight is 478 g/mol. The Hall–Kier alpha value is -2.08. The number of nitrogens with zero attached hydrogens (tertiary/aromatic N) is 2. The second-order valence-electron chi connectivity index (χ2n) is 6.45. The van der Waals surface area contributed by atoms with Crippen molar-refractivity contribution in [2.75, 3.05) is 5.88 Å². The first-order chi connectivity index (χ1) is 14.1. The van der Waals surface area contributed by atoms with Gasteiger partial charge >= 0.3 is 12.4 Å². The van der Waals surface area contributed by atoms with Crippen molar-refractivity contribution >= 4 is 35.8 Å². The number of nitrogens with one attached hydrogen (secondary N) is 1. The standard InChI is InChI=1S/C16H17ClN3O8PS/c1-9-8-19(16(22)18-15(9)21)14-6-12(13(7-17)26-14)28-29(25,30)27-11-4-2-10(3-5-11)20(23)24/h2-5,8,12-14H,6-7H2,1H3,(H,25,30)(H,18,21,22)/t12-,13+,14+,29?/m0/s1. The molecule has 2 N–H and O–H groups in total. The van der Waals surface area contributed by atoms with Crippen molar-refractivity contribution < 1.29 is 23.6 Å². The van der Waals surface area contributed by atoms with Crippen LogP contribution in [0.4, 0.5) is 5.69 Å². The van der Waals surface area contributed by atoms with E-state index in [0.717, 1.165) is 0 Å². The summed E-state index contributed by atoms with van der Waals surface area (Å²) in [7, 11) is 0. The molecule has 2 aromatic rings. The van der Waals surface area contributed by atoms with Gasteiger partial charge in [0, 0.05) is 42.1 Å². The Morgan fingerprint density at radius 2 is 2.10 bits per heavy atom. The number of aromatic nitrogens is 2. The van der Waals surface area contributed by atoms with Gasteiger partial charge in [-0.25, -0.2) is 4.79 Å². The van der Waals surface area contributed by atoms with Crippen LogP contribution in [-0.2, 0) is 21.1 Å². The molecule has 3 rings (SSSR count). The number of ether oxygens (including phenoxy) is 1. The first-order valence-corrected chi connectivity index (χ1v) is 11.7. The van der Waals surface area contributed by atoms with Crippen molar-refractivity contribution in [2.45, 2.75) is 31.8 Å². The van der Waals surface area contributed by atoms with E-state index in [1.807, 2.05) is 0 Å². The zero-order chi connectivity index (χ0) is 22.1. The number of halogens is 1. The van der Waals surface area contributed by atoms with Gasteiger partial charge in [-0.2, -0.15) is 0 Å². The third kappa shape index (κ3) is 5.15. The van der Waals surface area contributed by atoms with Gasteiger partial charge in [-0.3, -0.25) is 29.0 Å². The van der Waals surface area contributed by atoms with Crippen molar-refractivity contribution in [3.05, 3.63) is 67.0 Å². The highest BCUT2D eigenvalue weighted by Crippen LogP contribution is 2.49. The van der Waals surface area contributed by atoms with E-state index < -0.39 is 41.3 Å². The Morgan fingerprint density at radius 1 is 1.43 bits per heavy atom. The van der Waals surface area contributed by atoms with Gasteiger partial charge in [0.1, 0.15) is 18.1 Å². The van der Waals surface area contributed by atoms with Crippen LogP contribution in [0, 0.1) is 17.0 Å². The van der Waals surface area contributed by atoms with Gasteiger partial charge in [-0.15, -0.1) is 11.6 Å². The fraction of sp³-hybridized carbons (Fsp3) is 0.375. The van der Waals surface area contributed by atoms with Gasteiger partial charge in [-0.1, -0.05) is 0 Å². The summed E-state index contributed by atoms with van der Waals surface area (Å²) in [6.07, 6.45) is -0.810. The molecule has 162 valence electrons. The molecular weight excluding hydrogens is 461 g/mol. The Labute approximate surface area is 179 Å². The van der Waals surface area contributed by atoms with E-state index in [1.165, 1.54) is 35.0 Å². The molecule has 1 unspecified atom stereocenters. The molecule has 1 aliphatic rings. The molecule has 30 heavy (non-hydrogen) atoms. The summed E-state index contributed by atoms with van der Waals surface area (Å²) < 4.78 is 17.8. The lowest BCUT2D eigenvalue weighted by atomic mass is 10.2. The topological polar surface area (TPSA) is 146 Å². The molecule has 0 amide bonds. The smallest absolute Gasteiger partial charge is 0.378 e. The third-order valence-electron chi connectivity index (χ3n) is 4.33. The Bertz CT molecular complexity index is 1100. The van der Waals surface area contributed by atoms with Crippen LogP contribution in [0.25, 0.3) is 0 Å². The number of nitro groups is 1. The molecule has 0 bridgehead atoms. The molecule has 14 heteroatoms. The van der Waals surface area contributed by atoms with E-state index >= 15 is 0 Å². The van der Waals surface area contributed by atoms with Gasteiger partial charge in [0.25, 0.3) is 11.2 Å². The number of hydrogen-bond acceptors (Lipinski definition) is 8. The summed E-state index contributed by atoms with van der Waals surface area (Å²) in [5.41, 5.74) is -0.988. The number of aromatic amines is 1. The van der Waals surface area contributed by atoms with Crippen LogP contribution in [0.1, 0.15) is 18.2 Å². The molecule has 0 saturated carbocycles. The summed E-state index contributed by atoms with van der Waals surface area (Å²) in [4.78, 5) is 46.4. The van der Waals surface area contributed by atoms with E-state index in [9.17, 15) is 24.6 Å². The van der Waals surface area contributed by atoms with E-state index in [2.05, 4.69) is 4.98 Å². The van der Waals surface area contributed by atoms with Crippen LogP contribution in [0.15, 0.2) is 40.1 Å². The summed E-state index contributed by atoms with van der Waals surface area (Å²) in [6.45, 7) is -2.28. The Balaban J connectivity index is 1.74. The number of benzene rings is 1. The molecule has 4 atom stereocenters. The quantitative estimate of drug-likeness (QED) is 0.264. The van der Waals surface area contributed by atoms with E-state index in [-0.39, 0.29) is 23.7 Å². The van der Waals surface area contributed by atoms with E-state index in [1.54, 1.807) is 6.92 Å². The zero-order valence-electron chi connectivity index (χ0n) is 15.5. The highest BCUT2D eigenvalue weighted by molar-refractivity contribution is 8.07. The molecule has 2 heterocycles. The highest BCUT2D eigenvalue weighted by Gasteiger charge is 2.40. The molecule has 1 fully saturated rings. The number of alkyl halides is 1. The minimum absolute atomic E-state index is 0.00881. The maximum absolute atomic E-state index is 12.1. The molecule has 0 spiro atoms. The van der Waals surface area contributed by atoms with Gasteiger partial charge in [0.2, 0.25) is 0 Å². The van der Waals surface area contributed by atoms with Crippen molar-refractivity contribution in [3.8, 4) is 5.75 Å². The van der Waals surface area contributed by atoms with Crippen LogP contribution in [0.2, 0.25) is 0 Å². The number of aryl methyl sites for hydroxylation is 1. The second kappa shape index (κ2) is 8.96. The zero-order valence-corrected chi connectivity index (χ0v) is 17.9. The van der Waals surface area contributed by atoms with Crippen LogP contribution >= 0.6 is 18.3 Å². The predicted molar refractivity (Wildman–Crippen MR) is 110 cm³/mol. The molecule has 0 radical (unpaired) electrons. The van der Waals surface area contributed by atoms with Gasteiger partial charge in [0.15, 0.2) is 0 Å². The molecule has 11 nitrogen and oxygen atoms in total. The average Bonchev–Trinajstić information content (AvgIpc) is 3.06. The molecule has 1 aromatic carbocycles. The molecule has 1 saturated heterocycles. The second-order valence-corrected chi connectivity index (χ2v) is 9.48. The van der Waals surface area contributed by atoms with E-state index in [4.69, 9.17) is 37.2 Å². The number of hydrogen-bond donors (Lipinski definition) is 2. The van der Waals surface area contributed by atoms with Gasteiger partial charge < -0.3 is 14.2 Å². The number of rotatable bonds is 7. The summed E-state index contributed by atoms with van der Waals surface area (Å²) in [5, 5.41) is 10.7. The monoisotopic (exact) mass is 477 g/mol. The van der Waals surface area contributed by atoms with Crippen molar-refractivity contribution in [3.63, 3.8) is 0 Å². The summed E-state index contributed by atoms with van der Waals surface area (Å²) in [6, 6.07) is 4.97. The first-order valence-electron chi connectivity index (χ1n) is 8.58. The third-order valence-corrected chi connectivity index (χ3v) is 6.09. The van der Waals surface area contributed by atoms with Crippen LogP contribution in [0.3, 0.4) is 0 Å². The van der Waals surface area contributed by atoms with Crippen molar-refractivity contribution in [2.24, 2.45) is 0 Å². The predicted octanol–water partition coefficient (Wildman–Crippen LogP) is 1.96. The van der Waals surface area contributed by atoms with Gasteiger partial charge in [0.05, 0.1) is 16.9 Å². The fourth-order valence-electron chi connectivity index (χ4n) is 2.88. The lowest BCUT2D eigenvalue weighted by Gasteiger charge is -2.22. The van der Waals surface area contributed by atoms with Crippen molar-refractivity contribution in [1.29, 1.82) is 0 Å². The van der Waals surface area contributed by atoms with Crippen LogP contribution in [-0.4, -0.2) is 37.5 Å². The lowest BCUT2D eigenvalue weighted by Crippen LogP contribution is -2.33. The maximum atomic E-state index is 12.1. The highest BCUT2D eigenvalue weighted by atomic mass is 35.5. The van der Waals surface area contributed by atoms with E-state index in [0.29, 0.717) is 5.56 Å². The van der Waals surface area contributed by atoms with Crippen LogP contribution in [0.5, 0.6) is 5.75 Å². The van der Waals surface area contributed by atoms with Crippen LogP contribution < -0.4 is 15.8 Å². The SMILES string of the molecule is Cc1cn([C@H]2C[C@H](OP(O)(=S)Oc3ccc([N+](=O)[O-])cc3)[C@@H](CCl)O2)c(=O)[nH]c1=O. The molecule has 0 aliphatic carbocycles. The molecule has 1 aliphatic heterocycles. The number of H-pyrrole nitrogens is 1. The Kier molecular flexibility index (Phi) is 6.75. The Morgan fingerprint density at radius 3 is 2.70 bits per heavy atom. The summed E-state index contributed by atoms with van der Waals surface area (Å²) in [5.74, 6) is 0.0854. The normalized spacial score (nSPS) is 23.1. The molecule has 1 aromatic heterocycles. The maximum Gasteiger partial charge on any atom is 0.378 e. The number of non-ortho nitro benzene ring substituents is 1. The first kappa shape index (κ1) is 22.6. The minimum Gasteiger partial charge on any atom is -0.424 e. The lowest BCUT2D eigenvalue weighted by molar-refractivity contribution is -0.384. The number of nitro benzene ring substituents is 1. The minimum atomic E-state index is -3.82. The molecular formula is C16H17ClN3O8PS. The summed E-state index contributed by atoms with van der Waals surface area (Å²) >= 11 is 11.0. The fourth-order valence-corrected chi connectivity index (χ4v) is 4.73. The largest absolute Gasteiger partial charge is 0.424 e. The van der Waals surface area contributed by atoms with Crippen molar-refractivity contribution in [1.82, 2.24) is 9.55 Å². The van der Waals surface area contributed by atoms with Gasteiger partial charge in [-0.05, 0) is 19.1 Å².